The van der Waals surface area contributed by atoms with Gasteiger partial charge in [0.15, 0.2) is 0 Å². The zero-order valence-corrected chi connectivity index (χ0v) is 22.5. The van der Waals surface area contributed by atoms with Crippen LogP contribution in [0.1, 0.15) is 155 Å². The number of thioether (sulfide) groups is 1. The lowest BCUT2D eigenvalue weighted by atomic mass is 10.0. The molecule has 196 valence electrons. The van der Waals surface area contributed by atoms with E-state index in [9.17, 15) is 9.59 Å². The van der Waals surface area contributed by atoms with E-state index in [0.29, 0.717) is 0 Å². The van der Waals surface area contributed by atoms with Crippen molar-refractivity contribution in [3.05, 3.63) is 0 Å². The highest BCUT2D eigenvalue weighted by Crippen LogP contribution is 2.19. The monoisotopic (exact) mass is 486 g/mol. The molecule has 0 fully saturated rings. The number of rotatable bonds is 27. The molecule has 0 aliphatic carbocycles. The van der Waals surface area contributed by atoms with Crippen molar-refractivity contribution in [3.63, 3.8) is 0 Å². The quantitative estimate of drug-likeness (QED) is 0.113. The van der Waals surface area contributed by atoms with E-state index >= 15 is 0 Å². The van der Waals surface area contributed by atoms with E-state index in [0.717, 1.165) is 18.6 Å². The Kier molecular flexibility index (Phi) is 25.3. The van der Waals surface area contributed by atoms with Gasteiger partial charge < -0.3 is 10.2 Å². The maximum absolute atomic E-state index is 11.0. The van der Waals surface area contributed by atoms with Crippen LogP contribution in [0.15, 0.2) is 0 Å². The van der Waals surface area contributed by atoms with Crippen molar-refractivity contribution in [2.24, 2.45) is 0 Å². The Morgan fingerprint density at radius 2 is 0.848 bits per heavy atom. The van der Waals surface area contributed by atoms with E-state index < -0.39 is 17.2 Å². The SMILES string of the molecule is CCCCCCCCCCCCCCCCCCCCCCCCSC(CC(=O)O)C(=O)O. The van der Waals surface area contributed by atoms with Gasteiger partial charge in [0.25, 0.3) is 0 Å². The van der Waals surface area contributed by atoms with Crippen molar-refractivity contribution < 1.29 is 19.8 Å². The molecule has 0 amide bonds. The summed E-state index contributed by atoms with van der Waals surface area (Å²) in [5.41, 5.74) is 0. The molecule has 5 heteroatoms. The lowest BCUT2D eigenvalue weighted by Crippen LogP contribution is -2.20. The molecule has 1 unspecified atom stereocenters. The molecule has 0 saturated carbocycles. The molecule has 0 heterocycles. The molecule has 0 aromatic heterocycles. The van der Waals surface area contributed by atoms with Crippen LogP contribution in [0.5, 0.6) is 0 Å². The third-order valence-corrected chi connectivity index (χ3v) is 7.75. The molecule has 0 saturated heterocycles. The first-order chi connectivity index (χ1) is 16.1. The van der Waals surface area contributed by atoms with Gasteiger partial charge in [-0.1, -0.05) is 142 Å². The summed E-state index contributed by atoms with van der Waals surface area (Å²) in [5.74, 6) is -1.31. The highest BCUT2D eigenvalue weighted by molar-refractivity contribution is 8.00. The predicted molar refractivity (Wildman–Crippen MR) is 143 cm³/mol. The molecule has 0 aliphatic heterocycles. The third kappa shape index (κ3) is 25.7. The van der Waals surface area contributed by atoms with Gasteiger partial charge in [-0.15, -0.1) is 11.8 Å². The summed E-state index contributed by atoms with van der Waals surface area (Å²) in [5, 5.41) is 16.9. The van der Waals surface area contributed by atoms with Crippen LogP contribution in [-0.4, -0.2) is 33.2 Å². The first-order valence-corrected chi connectivity index (χ1v) is 15.2. The largest absolute Gasteiger partial charge is 0.481 e. The summed E-state index contributed by atoms with van der Waals surface area (Å²) in [6.45, 7) is 2.28. The van der Waals surface area contributed by atoms with Gasteiger partial charge in [0.2, 0.25) is 0 Å². The van der Waals surface area contributed by atoms with Gasteiger partial charge in [0.05, 0.1) is 6.42 Å². The number of carboxylic acid groups (broad SMARTS) is 2. The fourth-order valence-electron chi connectivity index (χ4n) is 4.31. The van der Waals surface area contributed by atoms with E-state index in [1.54, 1.807) is 0 Å². The molecular weight excluding hydrogens is 432 g/mol. The van der Waals surface area contributed by atoms with Crippen molar-refractivity contribution in [2.45, 2.75) is 160 Å². The number of unbranched alkanes of at least 4 members (excludes halogenated alkanes) is 21. The minimum Gasteiger partial charge on any atom is -0.481 e. The molecule has 4 nitrogen and oxygen atoms in total. The maximum Gasteiger partial charge on any atom is 0.317 e. The molecule has 1 atom stereocenters. The Labute approximate surface area is 209 Å². The normalized spacial score (nSPS) is 12.2. The molecule has 0 radical (unpaired) electrons. The lowest BCUT2D eigenvalue weighted by molar-refractivity contribution is -0.142. The number of aliphatic carboxylic acids is 2. The van der Waals surface area contributed by atoms with Crippen molar-refractivity contribution in [2.75, 3.05) is 5.75 Å². The number of hydrogen-bond donors (Lipinski definition) is 2. The second kappa shape index (κ2) is 25.9. The van der Waals surface area contributed by atoms with Crippen molar-refractivity contribution in [1.29, 1.82) is 0 Å². The van der Waals surface area contributed by atoms with Crippen LogP contribution < -0.4 is 0 Å². The summed E-state index contributed by atoms with van der Waals surface area (Å²) in [7, 11) is 0. The van der Waals surface area contributed by atoms with E-state index in [-0.39, 0.29) is 6.42 Å². The molecule has 2 N–H and O–H groups in total. The van der Waals surface area contributed by atoms with E-state index in [1.165, 1.54) is 140 Å². The molecule has 0 aromatic rings. The second-order valence-corrected chi connectivity index (χ2v) is 11.0. The smallest absolute Gasteiger partial charge is 0.317 e. The van der Waals surface area contributed by atoms with Crippen molar-refractivity contribution >= 4 is 23.7 Å². The van der Waals surface area contributed by atoms with Crippen LogP contribution in [0, 0.1) is 0 Å². The van der Waals surface area contributed by atoms with E-state index in [4.69, 9.17) is 10.2 Å². The summed E-state index contributed by atoms with van der Waals surface area (Å²) in [6.07, 6.45) is 29.6. The highest BCUT2D eigenvalue weighted by atomic mass is 32.2. The van der Waals surface area contributed by atoms with Crippen LogP contribution in [-0.2, 0) is 9.59 Å². The van der Waals surface area contributed by atoms with Crippen LogP contribution in [0.4, 0.5) is 0 Å². The van der Waals surface area contributed by atoms with E-state index in [2.05, 4.69) is 6.92 Å². The van der Waals surface area contributed by atoms with Gasteiger partial charge in [0.1, 0.15) is 5.25 Å². The van der Waals surface area contributed by atoms with Crippen LogP contribution in [0.2, 0.25) is 0 Å². The number of hydrogen-bond acceptors (Lipinski definition) is 3. The summed E-state index contributed by atoms with van der Waals surface area (Å²) in [4.78, 5) is 21.7. The van der Waals surface area contributed by atoms with E-state index in [1.807, 2.05) is 0 Å². The Morgan fingerprint density at radius 1 is 0.545 bits per heavy atom. The minimum atomic E-state index is -1.04. The second-order valence-electron chi connectivity index (χ2n) is 9.72. The first-order valence-electron chi connectivity index (χ1n) is 14.1. The van der Waals surface area contributed by atoms with Crippen LogP contribution >= 0.6 is 11.8 Å². The number of carbonyl (C=O) groups is 2. The lowest BCUT2D eigenvalue weighted by Gasteiger charge is -2.09. The van der Waals surface area contributed by atoms with Gasteiger partial charge in [-0.05, 0) is 12.2 Å². The fourth-order valence-corrected chi connectivity index (χ4v) is 5.37. The summed E-state index contributed by atoms with van der Waals surface area (Å²) >= 11 is 1.27. The summed E-state index contributed by atoms with van der Waals surface area (Å²) < 4.78 is 0. The van der Waals surface area contributed by atoms with Gasteiger partial charge >= 0.3 is 11.9 Å². The molecule has 0 spiro atoms. The first kappa shape index (κ1) is 32.3. The Morgan fingerprint density at radius 3 is 1.12 bits per heavy atom. The molecular formula is C28H54O4S. The predicted octanol–water partition coefficient (Wildman–Crippen LogP) is 9.25. The summed E-state index contributed by atoms with van der Waals surface area (Å²) in [6, 6.07) is 0. The van der Waals surface area contributed by atoms with Gasteiger partial charge in [-0.3, -0.25) is 9.59 Å². The Balaban J connectivity index is 3.18. The van der Waals surface area contributed by atoms with Gasteiger partial charge in [0, 0.05) is 0 Å². The molecule has 0 aliphatic rings. The van der Waals surface area contributed by atoms with Crippen LogP contribution in [0.3, 0.4) is 0 Å². The standard InChI is InChI=1S/C28H54O4S/c1-2-3-4-5-6-7-8-9-10-11-12-13-14-15-16-17-18-19-20-21-22-23-24-33-26(28(31)32)25-27(29)30/h26H,2-25H2,1H3,(H,29,30)(H,31,32). The van der Waals surface area contributed by atoms with Gasteiger partial charge in [-0.25, -0.2) is 0 Å². The number of carboxylic acids is 2. The Hall–Kier alpha value is -0.710. The minimum absolute atomic E-state index is 0.292. The zero-order valence-electron chi connectivity index (χ0n) is 21.7. The molecule has 33 heavy (non-hydrogen) atoms. The average Bonchev–Trinajstić information content (AvgIpc) is 2.78. The molecule has 0 rings (SSSR count). The Bertz CT molecular complexity index is 442. The van der Waals surface area contributed by atoms with Crippen molar-refractivity contribution in [3.8, 4) is 0 Å². The average molecular weight is 487 g/mol. The third-order valence-electron chi connectivity index (χ3n) is 6.45. The fraction of sp³-hybridized carbons (Fsp3) is 0.929. The molecule has 0 bridgehead atoms. The van der Waals surface area contributed by atoms with Crippen LogP contribution in [0.25, 0.3) is 0 Å². The topological polar surface area (TPSA) is 74.6 Å². The zero-order chi connectivity index (χ0) is 24.4. The van der Waals surface area contributed by atoms with Crippen molar-refractivity contribution in [1.82, 2.24) is 0 Å². The maximum atomic E-state index is 11.0. The van der Waals surface area contributed by atoms with Gasteiger partial charge in [-0.2, -0.15) is 0 Å². The molecule has 0 aromatic carbocycles. The highest BCUT2D eigenvalue weighted by Gasteiger charge is 2.20.